The van der Waals surface area contributed by atoms with Crippen molar-refractivity contribution >= 4 is 21.6 Å². The van der Waals surface area contributed by atoms with E-state index in [9.17, 15) is 13.2 Å². The second-order valence-corrected chi connectivity index (χ2v) is 9.54. The number of likely N-dealkylation sites (N-methyl/N-ethyl adjacent to an activating group) is 1. The number of hydrogen-bond acceptors (Lipinski definition) is 5. The Balaban J connectivity index is 1.39. The smallest absolute Gasteiger partial charge is 0.258 e. The number of rotatable bonds is 6. The fourth-order valence-corrected chi connectivity index (χ4v) is 4.85. The fraction of sp³-hybridized carbons (Fsp3) is 0.273. The third kappa shape index (κ3) is 5.01. The van der Waals surface area contributed by atoms with E-state index < -0.39 is 10.0 Å². The number of amides is 1. The van der Waals surface area contributed by atoms with Crippen molar-refractivity contribution < 1.29 is 13.2 Å². The van der Waals surface area contributed by atoms with Gasteiger partial charge in [0.15, 0.2) is 0 Å². The molecule has 1 aliphatic rings. The number of piperazine rings is 1. The number of aromatic nitrogens is 2. The van der Waals surface area contributed by atoms with E-state index in [1.807, 2.05) is 37.4 Å². The summed E-state index contributed by atoms with van der Waals surface area (Å²) in [7, 11) is -1.55. The van der Waals surface area contributed by atoms with E-state index >= 15 is 0 Å². The van der Waals surface area contributed by atoms with Gasteiger partial charge in [0.1, 0.15) is 0 Å². The van der Waals surface area contributed by atoms with Gasteiger partial charge in [-0.2, -0.15) is 9.40 Å². The average molecular weight is 440 g/mol. The minimum absolute atomic E-state index is 0.228. The van der Waals surface area contributed by atoms with Crippen molar-refractivity contribution in [2.24, 2.45) is 0 Å². The highest BCUT2D eigenvalue weighted by Gasteiger charge is 2.27. The molecule has 1 N–H and O–H groups in total. The Morgan fingerprint density at radius 3 is 2.35 bits per heavy atom. The summed E-state index contributed by atoms with van der Waals surface area (Å²) >= 11 is 0. The van der Waals surface area contributed by atoms with E-state index in [2.05, 4.69) is 15.3 Å². The Kier molecular flexibility index (Phi) is 6.17. The molecule has 8 nitrogen and oxygen atoms in total. The van der Waals surface area contributed by atoms with Gasteiger partial charge in [0.25, 0.3) is 5.91 Å². The molecule has 3 aromatic rings. The molecule has 0 atom stereocenters. The number of carbonyl (C=O) groups is 1. The standard InChI is InChI=1S/C22H25N5O3S/c1-25-11-13-27(14-12-25)31(29,30)21-9-7-20(8-10-21)24-22(28)19-15-23-26(17-19)16-18-5-3-2-4-6-18/h2-10,15,17H,11-14,16H2,1H3,(H,24,28). The van der Waals surface area contributed by atoms with Crippen molar-refractivity contribution in [1.29, 1.82) is 0 Å². The third-order valence-electron chi connectivity index (χ3n) is 5.30. The van der Waals surface area contributed by atoms with Crippen LogP contribution < -0.4 is 5.32 Å². The summed E-state index contributed by atoms with van der Waals surface area (Å²) in [4.78, 5) is 14.9. The van der Waals surface area contributed by atoms with Crippen LogP contribution in [0.3, 0.4) is 0 Å². The van der Waals surface area contributed by atoms with Crippen LogP contribution in [0, 0.1) is 0 Å². The van der Waals surface area contributed by atoms with Gasteiger partial charge in [0.05, 0.1) is 23.2 Å². The highest BCUT2D eigenvalue weighted by atomic mass is 32.2. The lowest BCUT2D eigenvalue weighted by atomic mass is 10.2. The molecule has 2 heterocycles. The maximum absolute atomic E-state index is 12.8. The van der Waals surface area contributed by atoms with Gasteiger partial charge in [-0.05, 0) is 36.9 Å². The first kappa shape index (κ1) is 21.2. The summed E-state index contributed by atoms with van der Waals surface area (Å²) in [5, 5.41) is 7.04. The predicted octanol–water partition coefficient (Wildman–Crippen LogP) is 2.12. The molecule has 0 saturated carbocycles. The zero-order valence-corrected chi connectivity index (χ0v) is 18.1. The Morgan fingerprint density at radius 2 is 1.68 bits per heavy atom. The summed E-state index contributed by atoms with van der Waals surface area (Å²) < 4.78 is 28.8. The molecule has 1 saturated heterocycles. The van der Waals surface area contributed by atoms with E-state index in [4.69, 9.17) is 0 Å². The predicted molar refractivity (Wildman–Crippen MR) is 118 cm³/mol. The molecule has 0 spiro atoms. The Morgan fingerprint density at radius 1 is 1.00 bits per heavy atom. The fourth-order valence-electron chi connectivity index (χ4n) is 3.43. The minimum atomic E-state index is -3.53. The zero-order chi connectivity index (χ0) is 21.8. The molecular weight excluding hydrogens is 414 g/mol. The Hall–Kier alpha value is -3.01. The number of hydrogen-bond donors (Lipinski definition) is 1. The molecule has 9 heteroatoms. The molecule has 0 aliphatic carbocycles. The van der Waals surface area contributed by atoms with Gasteiger partial charge < -0.3 is 10.2 Å². The van der Waals surface area contributed by atoms with Gasteiger partial charge in [-0.25, -0.2) is 8.42 Å². The molecular formula is C22H25N5O3S. The lowest BCUT2D eigenvalue weighted by Gasteiger charge is -2.31. The highest BCUT2D eigenvalue weighted by molar-refractivity contribution is 7.89. The van der Waals surface area contributed by atoms with E-state index in [0.717, 1.165) is 5.56 Å². The van der Waals surface area contributed by atoms with Crippen molar-refractivity contribution in [3.63, 3.8) is 0 Å². The van der Waals surface area contributed by atoms with Gasteiger partial charge in [0, 0.05) is 38.1 Å². The van der Waals surface area contributed by atoms with E-state index in [0.29, 0.717) is 44.0 Å². The molecule has 31 heavy (non-hydrogen) atoms. The monoisotopic (exact) mass is 439 g/mol. The topological polar surface area (TPSA) is 87.5 Å². The molecule has 2 aromatic carbocycles. The molecule has 0 radical (unpaired) electrons. The van der Waals surface area contributed by atoms with Crippen LogP contribution in [0.15, 0.2) is 71.9 Å². The normalized spacial score (nSPS) is 15.6. The van der Waals surface area contributed by atoms with Gasteiger partial charge in [-0.1, -0.05) is 30.3 Å². The van der Waals surface area contributed by atoms with Crippen LogP contribution >= 0.6 is 0 Å². The number of anilines is 1. The van der Waals surface area contributed by atoms with E-state index in [-0.39, 0.29) is 10.8 Å². The lowest BCUT2D eigenvalue weighted by molar-refractivity contribution is 0.102. The van der Waals surface area contributed by atoms with Crippen molar-refractivity contribution in [3.05, 3.63) is 78.1 Å². The van der Waals surface area contributed by atoms with E-state index in [1.165, 1.54) is 22.6 Å². The van der Waals surface area contributed by atoms with Crippen LogP contribution in [-0.4, -0.2) is 66.5 Å². The quantitative estimate of drug-likeness (QED) is 0.636. The second kappa shape index (κ2) is 9.01. The molecule has 1 aliphatic heterocycles. The van der Waals surface area contributed by atoms with Crippen LogP contribution in [0.2, 0.25) is 0 Å². The average Bonchev–Trinajstić information content (AvgIpc) is 3.24. The summed E-state index contributed by atoms with van der Waals surface area (Å²) in [6.45, 7) is 2.96. The molecule has 4 rings (SSSR count). The first-order valence-corrected chi connectivity index (χ1v) is 11.5. The maximum atomic E-state index is 12.8. The largest absolute Gasteiger partial charge is 0.322 e. The molecule has 0 unspecified atom stereocenters. The number of sulfonamides is 1. The van der Waals surface area contributed by atoms with Crippen LogP contribution in [-0.2, 0) is 16.6 Å². The first-order chi connectivity index (χ1) is 14.9. The maximum Gasteiger partial charge on any atom is 0.258 e. The molecule has 1 aromatic heterocycles. The third-order valence-corrected chi connectivity index (χ3v) is 7.21. The summed E-state index contributed by atoms with van der Waals surface area (Å²) in [6.07, 6.45) is 3.21. The van der Waals surface area contributed by atoms with Crippen LogP contribution in [0.25, 0.3) is 0 Å². The number of benzene rings is 2. The molecule has 1 fully saturated rings. The molecule has 0 bridgehead atoms. The van der Waals surface area contributed by atoms with Crippen molar-refractivity contribution in [2.45, 2.75) is 11.4 Å². The number of carbonyl (C=O) groups excluding carboxylic acids is 1. The second-order valence-electron chi connectivity index (χ2n) is 7.60. The number of nitrogens with zero attached hydrogens (tertiary/aromatic N) is 4. The van der Waals surface area contributed by atoms with Gasteiger partial charge >= 0.3 is 0 Å². The van der Waals surface area contributed by atoms with E-state index in [1.54, 1.807) is 23.0 Å². The Labute approximate surface area is 182 Å². The van der Waals surface area contributed by atoms with Crippen molar-refractivity contribution in [2.75, 3.05) is 38.5 Å². The van der Waals surface area contributed by atoms with Gasteiger partial charge in [0.2, 0.25) is 10.0 Å². The van der Waals surface area contributed by atoms with Crippen LogP contribution in [0.1, 0.15) is 15.9 Å². The van der Waals surface area contributed by atoms with Crippen molar-refractivity contribution in [3.8, 4) is 0 Å². The summed E-state index contributed by atoms with van der Waals surface area (Å²) in [6, 6.07) is 16.1. The molecule has 162 valence electrons. The van der Waals surface area contributed by atoms with Gasteiger partial charge in [-0.15, -0.1) is 0 Å². The first-order valence-electron chi connectivity index (χ1n) is 10.1. The van der Waals surface area contributed by atoms with Gasteiger partial charge in [-0.3, -0.25) is 9.48 Å². The van der Waals surface area contributed by atoms with Crippen LogP contribution in [0.4, 0.5) is 5.69 Å². The SMILES string of the molecule is CN1CCN(S(=O)(=O)c2ccc(NC(=O)c3cnn(Cc4ccccc4)c3)cc2)CC1. The lowest BCUT2D eigenvalue weighted by Crippen LogP contribution is -2.46. The zero-order valence-electron chi connectivity index (χ0n) is 17.3. The Bertz CT molecular complexity index is 1140. The highest BCUT2D eigenvalue weighted by Crippen LogP contribution is 2.20. The molecule has 1 amide bonds. The number of nitrogens with one attached hydrogen (secondary N) is 1. The van der Waals surface area contributed by atoms with Crippen molar-refractivity contribution in [1.82, 2.24) is 19.0 Å². The summed E-state index contributed by atoms with van der Waals surface area (Å²) in [5.74, 6) is -0.297. The minimum Gasteiger partial charge on any atom is -0.322 e. The summed E-state index contributed by atoms with van der Waals surface area (Å²) in [5.41, 5.74) is 2.05. The van der Waals surface area contributed by atoms with Crippen LogP contribution in [0.5, 0.6) is 0 Å².